The Hall–Kier alpha value is -1.36. The summed E-state index contributed by atoms with van der Waals surface area (Å²) in [6.45, 7) is 2.38. The molecule has 13 heavy (non-hydrogen) atoms. The van der Waals surface area contributed by atoms with E-state index in [-0.39, 0.29) is 0 Å². The van der Waals surface area contributed by atoms with Crippen LogP contribution in [0.1, 0.15) is 23.1 Å². The monoisotopic (exact) mass is 182 g/mol. The minimum absolute atomic E-state index is 0.624. The van der Waals surface area contributed by atoms with Crippen LogP contribution in [0.4, 0.5) is 0 Å². The molecule has 0 spiro atoms. The Balaban J connectivity index is 2.46. The fourth-order valence-electron chi connectivity index (χ4n) is 1.62. The molecule has 0 aromatic carbocycles. The van der Waals surface area contributed by atoms with Gasteiger partial charge in [0, 0.05) is 18.5 Å². The molecule has 1 aromatic rings. The SMILES string of the molecule is Cc1noc2c1C(C(=O)O)NCC2. The molecule has 5 nitrogen and oxygen atoms in total. The number of aryl methyl sites for hydroxylation is 1. The van der Waals surface area contributed by atoms with Gasteiger partial charge in [-0.2, -0.15) is 0 Å². The van der Waals surface area contributed by atoms with Crippen molar-refractivity contribution in [2.75, 3.05) is 6.54 Å². The molecule has 0 bridgehead atoms. The molecular weight excluding hydrogens is 172 g/mol. The molecule has 0 radical (unpaired) electrons. The number of hydrogen-bond donors (Lipinski definition) is 2. The van der Waals surface area contributed by atoms with Gasteiger partial charge in [-0.05, 0) is 6.92 Å². The average molecular weight is 182 g/mol. The summed E-state index contributed by atoms with van der Waals surface area (Å²) in [5.41, 5.74) is 1.35. The normalized spacial score (nSPS) is 21.2. The van der Waals surface area contributed by atoms with E-state index in [1.807, 2.05) is 0 Å². The largest absolute Gasteiger partial charge is 0.480 e. The van der Waals surface area contributed by atoms with Gasteiger partial charge >= 0.3 is 5.97 Å². The molecule has 2 rings (SSSR count). The van der Waals surface area contributed by atoms with Gasteiger partial charge in [-0.1, -0.05) is 5.16 Å². The minimum atomic E-state index is -0.882. The van der Waals surface area contributed by atoms with Crippen molar-refractivity contribution in [2.24, 2.45) is 0 Å². The number of aliphatic carboxylic acids is 1. The van der Waals surface area contributed by atoms with Crippen LogP contribution in [0.15, 0.2) is 4.52 Å². The first kappa shape index (κ1) is 8.25. The van der Waals surface area contributed by atoms with Crippen molar-refractivity contribution in [1.82, 2.24) is 10.5 Å². The van der Waals surface area contributed by atoms with Crippen molar-refractivity contribution in [3.8, 4) is 0 Å². The van der Waals surface area contributed by atoms with Crippen LogP contribution in [0.3, 0.4) is 0 Å². The first-order valence-electron chi connectivity index (χ1n) is 4.11. The third-order valence-electron chi connectivity index (χ3n) is 2.22. The summed E-state index contributed by atoms with van der Waals surface area (Å²) in [5.74, 6) is -0.184. The number of carboxylic acid groups (broad SMARTS) is 1. The Morgan fingerprint density at radius 1 is 1.77 bits per heavy atom. The lowest BCUT2D eigenvalue weighted by Gasteiger charge is -2.18. The molecule has 0 saturated carbocycles. The number of carbonyl (C=O) groups is 1. The van der Waals surface area contributed by atoms with Crippen LogP contribution < -0.4 is 5.32 Å². The molecule has 1 atom stereocenters. The van der Waals surface area contributed by atoms with Crippen LogP contribution in [0.2, 0.25) is 0 Å². The van der Waals surface area contributed by atoms with Crippen molar-refractivity contribution < 1.29 is 14.4 Å². The number of rotatable bonds is 1. The zero-order valence-electron chi connectivity index (χ0n) is 7.20. The summed E-state index contributed by atoms with van der Waals surface area (Å²) in [6.07, 6.45) is 0.708. The van der Waals surface area contributed by atoms with Gasteiger partial charge in [0.15, 0.2) is 0 Å². The molecular formula is C8H10N2O3. The number of fused-ring (bicyclic) bond motifs is 1. The zero-order valence-corrected chi connectivity index (χ0v) is 7.20. The number of aromatic nitrogens is 1. The first-order chi connectivity index (χ1) is 6.20. The van der Waals surface area contributed by atoms with Gasteiger partial charge in [0.1, 0.15) is 11.8 Å². The lowest BCUT2D eigenvalue weighted by molar-refractivity contribution is -0.139. The molecule has 0 fully saturated rings. The maximum atomic E-state index is 10.8. The van der Waals surface area contributed by atoms with E-state index in [2.05, 4.69) is 10.5 Å². The molecule has 70 valence electrons. The van der Waals surface area contributed by atoms with E-state index in [0.29, 0.717) is 30.0 Å². The molecule has 1 aliphatic rings. The van der Waals surface area contributed by atoms with Gasteiger partial charge in [0.2, 0.25) is 0 Å². The third-order valence-corrected chi connectivity index (χ3v) is 2.22. The molecule has 1 aliphatic heterocycles. The van der Waals surface area contributed by atoms with Crippen molar-refractivity contribution in [3.63, 3.8) is 0 Å². The molecule has 1 aromatic heterocycles. The zero-order chi connectivity index (χ0) is 9.42. The molecule has 1 unspecified atom stereocenters. The second-order valence-electron chi connectivity index (χ2n) is 3.08. The van der Waals surface area contributed by atoms with Crippen LogP contribution in [-0.4, -0.2) is 22.8 Å². The van der Waals surface area contributed by atoms with E-state index in [9.17, 15) is 4.79 Å². The van der Waals surface area contributed by atoms with Crippen LogP contribution in [-0.2, 0) is 11.2 Å². The lowest BCUT2D eigenvalue weighted by atomic mass is 10.00. The molecule has 5 heteroatoms. The van der Waals surface area contributed by atoms with Crippen molar-refractivity contribution >= 4 is 5.97 Å². The van der Waals surface area contributed by atoms with Crippen LogP contribution in [0.5, 0.6) is 0 Å². The summed E-state index contributed by atoms with van der Waals surface area (Å²) in [7, 11) is 0. The maximum absolute atomic E-state index is 10.8. The summed E-state index contributed by atoms with van der Waals surface area (Å²) in [4.78, 5) is 10.8. The Kier molecular flexibility index (Phi) is 1.81. The third kappa shape index (κ3) is 1.21. The van der Waals surface area contributed by atoms with E-state index in [4.69, 9.17) is 9.63 Å². The molecule has 0 aliphatic carbocycles. The predicted octanol–water partition coefficient (Wildman–Crippen LogP) is 0.254. The average Bonchev–Trinajstić information content (AvgIpc) is 2.48. The quantitative estimate of drug-likeness (QED) is 0.651. The predicted molar refractivity (Wildman–Crippen MR) is 43.3 cm³/mol. The second kappa shape index (κ2) is 2.85. The van der Waals surface area contributed by atoms with Crippen molar-refractivity contribution in [1.29, 1.82) is 0 Å². The number of hydrogen-bond acceptors (Lipinski definition) is 4. The van der Waals surface area contributed by atoms with E-state index in [1.54, 1.807) is 6.92 Å². The van der Waals surface area contributed by atoms with Crippen molar-refractivity contribution in [2.45, 2.75) is 19.4 Å². The highest BCUT2D eigenvalue weighted by atomic mass is 16.5. The Morgan fingerprint density at radius 2 is 2.54 bits per heavy atom. The van der Waals surface area contributed by atoms with Crippen LogP contribution >= 0.6 is 0 Å². The van der Waals surface area contributed by atoms with Crippen molar-refractivity contribution in [3.05, 3.63) is 17.0 Å². The van der Waals surface area contributed by atoms with Gasteiger partial charge < -0.3 is 14.9 Å². The highest BCUT2D eigenvalue weighted by Gasteiger charge is 2.30. The van der Waals surface area contributed by atoms with Gasteiger partial charge in [0.05, 0.1) is 5.69 Å². The molecule has 2 N–H and O–H groups in total. The molecule has 0 amide bonds. The lowest BCUT2D eigenvalue weighted by Crippen LogP contribution is -2.34. The fraction of sp³-hybridized carbons (Fsp3) is 0.500. The Bertz CT molecular complexity index is 345. The maximum Gasteiger partial charge on any atom is 0.325 e. The molecule has 2 heterocycles. The van der Waals surface area contributed by atoms with E-state index < -0.39 is 12.0 Å². The topological polar surface area (TPSA) is 75.4 Å². The Morgan fingerprint density at radius 3 is 3.23 bits per heavy atom. The van der Waals surface area contributed by atoms with Crippen LogP contribution in [0.25, 0.3) is 0 Å². The summed E-state index contributed by atoms with van der Waals surface area (Å²) in [6, 6.07) is -0.657. The van der Waals surface area contributed by atoms with Gasteiger partial charge in [-0.15, -0.1) is 0 Å². The number of nitrogens with one attached hydrogen (secondary N) is 1. The summed E-state index contributed by atoms with van der Waals surface area (Å²) in [5, 5.41) is 15.6. The number of carboxylic acids is 1. The van der Waals surface area contributed by atoms with Gasteiger partial charge in [-0.3, -0.25) is 4.79 Å². The minimum Gasteiger partial charge on any atom is -0.480 e. The van der Waals surface area contributed by atoms with E-state index >= 15 is 0 Å². The van der Waals surface area contributed by atoms with E-state index in [0.717, 1.165) is 0 Å². The van der Waals surface area contributed by atoms with E-state index in [1.165, 1.54) is 0 Å². The van der Waals surface area contributed by atoms with Gasteiger partial charge in [0.25, 0.3) is 0 Å². The fourth-order valence-corrected chi connectivity index (χ4v) is 1.62. The second-order valence-corrected chi connectivity index (χ2v) is 3.08. The smallest absolute Gasteiger partial charge is 0.325 e. The summed E-state index contributed by atoms with van der Waals surface area (Å²) < 4.78 is 5.01. The Labute approximate surface area is 74.7 Å². The molecule has 0 saturated heterocycles. The highest BCUT2D eigenvalue weighted by molar-refractivity contribution is 5.76. The number of nitrogens with zero attached hydrogens (tertiary/aromatic N) is 1. The summed E-state index contributed by atoms with van der Waals surface area (Å²) >= 11 is 0. The first-order valence-corrected chi connectivity index (χ1v) is 4.11. The van der Waals surface area contributed by atoms with Gasteiger partial charge in [-0.25, -0.2) is 0 Å². The highest BCUT2D eigenvalue weighted by Crippen LogP contribution is 2.25. The van der Waals surface area contributed by atoms with Crippen LogP contribution in [0, 0.1) is 6.92 Å². The standard InChI is InChI=1S/C8H10N2O3/c1-4-6-5(13-10-4)2-3-9-7(6)8(11)12/h7,9H,2-3H2,1H3,(H,11,12).